The molecule has 18 heteroatoms. The highest BCUT2D eigenvalue weighted by Gasteiger charge is 2.40. The average molecular weight is 198 g/mol. The van der Waals surface area contributed by atoms with Crippen LogP contribution in [0, 0.1) is 0 Å². The molecular formula is H3B18-. The molecule has 0 nitrogen and oxygen atoms in total. The Morgan fingerprint density at radius 1 is 0.444 bits per heavy atom. The van der Waals surface area contributed by atoms with Crippen molar-refractivity contribution in [3.63, 3.8) is 0 Å². The summed E-state index contributed by atoms with van der Waals surface area (Å²) < 4.78 is 0. The van der Waals surface area contributed by atoms with Crippen LogP contribution in [-0.2, 0) is 0 Å². The summed E-state index contributed by atoms with van der Waals surface area (Å²) in [5.74, 6) is 0. The van der Waals surface area contributed by atoms with E-state index in [0.717, 1.165) is 0 Å². The summed E-state index contributed by atoms with van der Waals surface area (Å²) in [5.41, 5.74) is 0. The molecule has 0 fully saturated rings. The molecule has 0 aliphatic heterocycles. The van der Waals surface area contributed by atoms with E-state index in [1.165, 1.54) is 0 Å². The summed E-state index contributed by atoms with van der Waals surface area (Å²) in [6.07, 6.45) is -4.18. The molecule has 0 N–H and O–H groups in total. The normalized spacial score (nSPS) is 9.17. The molecule has 18 heavy (non-hydrogen) atoms. The quantitative estimate of drug-likeness (QED) is 0.356. The van der Waals surface area contributed by atoms with Gasteiger partial charge in [0.25, 0.3) is 0 Å². The van der Waals surface area contributed by atoms with Crippen LogP contribution in [0.4, 0.5) is 0 Å². The molecule has 0 amide bonds. The van der Waals surface area contributed by atoms with Crippen molar-refractivity contribution in [3.8, 4) is 0 Å². The zero-order chi connectivity index (χ0) is 14.6. The molecule has 0 aromatic rings. The Balaban J connectivity index is 5.37. The largest absolute Gasteiger partial charge is 0.128 e. The van der Waals surface area contributed by atoms with Gasteiger partial charge in [-0.25, -0.2) is 0 Å². The minimum Gasteiger partial charge on any atom is -0.128 e. The Labute approximate surface area is 128 Å². The molecule has 18 radical (unpaired) electrons. The SMILES string of the molecule is [B]B([B])B(B([B])[B])B(B([B])[B])B(B([B])[B])B([B])[BH3-]. The van der Waals surface area contributed by atoms with Crippen LogP contribution in [0.5, 0.6) is 0 Å². The van der Waals surface area contributed by atoms with E-state index in [2.05, 4.69) is 0 Å². The topological polar surface area (TPSA) is 0 Å². The van der Waals surface area contributed by atoms with Gasteiger partial charge < -0.3 is 0 Å². The van der Waals surface area contributed by atoms with Gasteiger partial charge in [-0.1, -0.05) is 7.74 Å². The fourth-order valence-corrected chi connectivity index (χ4v) is 2.05. The van der Waals surface area contributed by atoms with Gasteiger partial charge in [-0.3, -0.25) is 0 Å². The maximum Gasteiger partial charge on any atom is -0.0000000126 e. The highest BCUT2D eigenvalue weighted by molar-refractivity contribution is 8.17. The molecular weight excluding hydrogens is 195 g/mol. The monoisotopic (exact) mass is 201 g/mol. The fraction of sp³-hybridized carbons (Fsp3) is 0. The third-order valence-electron chi connectivity index (χ3n) is 2.89. The highest BCUT2D eigenvalue weighted by Crippen LogP contribution is 2.03. The van der Waals surface area contributed by atoms with Crippen LogP contribution in [0.2, 0.25) is 0 Å². The Morgan fingerprint density at radius 2 is 0.722 bits per heavy atom. The zero-order valence-corrected chi connectivity index (χ0v) is 9.81. The molecule has 0 aliphatic carbocycles. The van der Waals surface area contributed by atoms with Crippen molar-refractivity contribution in [3.05, 3.63) is 0 Å². The third kappa shape index (κ3) is 5.28. The summed E-state index contributed by atoms with van der Waals surface area (Å²) in [6, 6.07) is 0. The van der Waals surface area contributed by atoms with Crippen molar-refractivity contribution in [2.24, 2.45) is 0 Å². The molecule has 58 valence electrons. The van der Waals surface area contributed by atoms with Crippen molar-refractivity contribution in [1.29, 1.82) is 0 Å². The van der Waals surface area contributed by atoms with Gasteiger partial charge in [0.2, 0.25) is 0 Å². The Bertz CT molecular complexity index is 174. The highest BCUT2D eigenvalue weighted by atomic mass is 13.2. The second kappa shape index (κ2) is 8.45. The molecule has 0 aromatic carbocycles. The van der Waals surface area contributed by atoms with Crippen molar-refractivity contribution in [2.75, 3.05) is 0 Å². The first-order valence-electron chi connectivity index (χ1n) is 5.33. The van der Waals surface area contributed by atoms with Gasteiger partial charge in [-0.2, -0.15) is 0 Å². The summed E-state index contributed by atoms with van der Waals surface area (Å²) in [7, 11) is 51.8. The average Bonchev–Trinajstić information content (AvgIpc) is 2.13. The van der Waals surface area contributed by atoms with Crippen LogP contribution >= 0.6 is 0 Å². The first kappa shape index (κ1) is 19.2. The van der Waals surface area contributed by atoms with E-state index in [-0.39, 0.29) is 20.5 Å². The lowest BCUT2D eigenvalue weighted by molar-refractivity contribution is 3.35. The van der Waals surface area contributed by atoms with Crippen LogP contribution in [0.15, 0.2) is 0 Å². The minimum atomic E-state index is -0.760. The third-order valence-corrected chi connectivity index (χ3v) is 2.89. The molecule has 0 saturated heterocycles. The van der Waals surface area contributed by atoms with Crippen LogP contribution in [-0.4, -0.2) is 128 Å². The molecule has 0 unspecified atom stereocenters. The second-order valence-corrected chi connectivity index (χ2v) is 4.23. The summed E-state index contributed by atoms with van der Waals surface area (Å²) in [4.78, 5) is 0. The summed E-state index contributed by atoms with van der Waals surface area (Å²) in [5, 5.41) is 0. The van der Waals surface area contributed by atoms with E-state index < -0.39 is 38.3 Å². The lowest BCUT2D eigenvalue weighted by atomic mass is 8.41. The number of hydrogen-bond donors (Lipinski definition) is 0. The van der Waals surface area contributed by atoms with Crippen LogP contribution < -0.4 is 0 Å². The van der Waals surface area contributed by atoms with Crippen molar-refractivity contribution >= 4 is 128 Å². The summed E-state index contributed by atoms with van der Waals surface area (Å²) in [6.45, 7) is 0. The summed E-state index contributed by atoms with van der Waals surface area (Å²) >= 11 is 0. The molecule has 0 aromatic heterocycles. The van der Waals surface area contributed by atoms with E-state index in [0.29, 0.717) is 0 Å². The Kier molecular flexibility index (Phi) is 9.00. The van der Waals surface area contributed by atoms with Crippen LogP contribution in [0.3, 0.4) is 0 Å². The van der Waals surface area contributed by atoms with Gasteiger partial charge in [0.05, 0.1) is 0 Å². The number of rotatable bonds is 7. The molecule has 0 heterocycles. The smallest absolute Gasteiger partial charge is 0.0000000126 e. The zero-order valence-electron chi connectivity index (χ0n) is 9.81. The van der Waals surface area contributed by atoms with E-state index >= 15 is 0 Å². The molecule has 0 spiro atoms. The number of hydrogen-bond acceptors (Lipinski definition) is 0. The van der Waals surface area contributed by atoms with Gasteiger partial charge in [-0.05, 0) is 114 Å². The fourth-order valence-electron chi connectivity index (χ4n) is 2.05. The van der Waals surface area contributed by atoms with E-state index in [9.17, 15) is 0 Å². The van der Waals surface area contributed by atoms with Crippen LogP contribution in [0.25, 0.3) is 0 Å². The van der Waals surface area contributed by atoms with Crippen molar-refractivity contribution in [1.82, 2.24) is 0 Å². The molecule has 0 aliphatic rings. The minimum absolute atomic E-state index is 0.0930. The van der Waals surface area contributed by atoms with Crippen LogP contribution in [0.1, 0.15) is 0 Å². The van der Waals surface area contributed by atoms with E-state index in [1.807, 2.05) is 0 Å². The first-order valence-corrected chi connectivity index (χ1v) is 5.33. The predicted molar refractivity (Wildman–Crippen MR) is 108 cm³/mol. The van der Waals surface area contributed by atoms with E-state index in [1.54, 1.807) is 0 Å². The first-order chi connectivity index (χ1) is 8.11. The maximum atomic E-state index is 5.99. The Hall–Kier alpha value is 1.17. The van der Waals surface area contributed by atoms with Gasteiger partial charge in [0.15, 0.2) is 0 Å². The molecule has 0 rings (SSSR count). The van der Waals surface area contributed by atoms with Gasteiger partial charge in [0.1, 0.15) is 0 Å². The molecule has 0 bridgehead atoms. The lowest BCUT2D eigenvalue weighted by Gasteiger charge is -2.42. The molecule has 0 saturated carbocycles. The second-order valence-electron chi connectivity index (χ2n) is 4.23. The van der Waals surface area contributed by atoms with Crippen molar-refractivity contribution < 1.29 is 0 Å². The van der Waals surface area contributed by atoms with Gasteiger partial charge in [0, 0.05) is 0 Å². The van der Waals surface area contributed by atoms with E-state index in [4.69, 9.17) is 69.6 Å². The van der Waals surface area contributed by atoms with Crippen molar-refractivity contribution in [2.45, 2.75) is 0 Å². The van der Waals surface area contributed by atoms with Gasteiger partial charge >= 0.3 is 0 Å². The maximum absolute atomic E-state index is 5.99. The van der Waals surface area contributed by atoms with Gasteiger partial charge in [-0.15, -0.1) is 6.39 Å². The lowest BCUT2D eigenvalue weighted by Crippen LogP contribution is -2.78. The molecule has 0 atom stereocenters. The predicted octanol–water partition coefficient (Wildman–Crippen LogP) is -7.66. The standard InChI is InChI=1S/B18H3/c1-11(2)16(12(3)4)18(15(9)10)17(13(5)6)14(7)8/h1H3/q-1. The Morgan fingerprint density at radius 3 is 0.889 bits per heavy atom.